The fraction of sp³-hybridized carbons (Fsp3) is 1.00. The Morgan fingerprint density at radius 1 is 1.40 bits per heavy atom. The average Bonchev–Trinajstić information content (AvgIpc) is 2.70. The van der Waals surface area contributed by atoms with Gasteiger partial charge in [0, 0.05) is 11.0 Å². The van der Waals surface area contributed by atoms with Crippen molar-refractivity contribution in [1.82, 2.24) is 5.43 Å². The van der Waals surface area contributed by atoms with E-state index in [-0.39, 0.29) is 12.1 Å². The van der Waals surface area contributed by atoms with Gasteiger partial charge in [-0.15, -0.1) is 0 Å². The van der Waals surface area contributed by atoms with Crippen molar-refractivity contribution in [3.05, 3.63) is 0 Å². The van der Waals surface area contributed by atoms with E-state index in [1.54, 1.807) is 0 Å². The molecule has 15 heavy (non-hydrogen) atoms. The number of hydrogen-bond donors (Lipinski definition) is 2. The molecule has 1 atom stereocenters. The number of ether oxygens (including phenoxy) is 1. The highest BCUT2D eigenvalue weighted by molar-refractivity contribution is 7.99. The van der Waals surface area contributed by atoms with Crippen LogP contribution < -0.4 is 11.3 Å². The summed E-state index contributed by atoms with van der Waals surface area (Å²) in [5.41, 5.74) is 2.84. The van der Waals surface area contributed by atoms with E-state index < -0.39 is 0 Å². The second-order valence-corrected chi connectivity index (χ2v) is 5.82. The first kappa shape index (κ1) is 13.3. The van der Waals surface area contributed by atoms with Gasteiger partial charge in [0.1, 0.15) is 0 Å². The lowest BCUT2D eigenvalue weighted by Gasteiger charge is -2.19. The molecule has 1 aliphatic carbocycles. The molecule has 0 heterocycles. The summed E-state index contributed by atoms with van der Waals surface area (Å²) in [6, 6.07) is 0.290. The topological polar surface area (TPSA) is 47.3 Å². The average molecular weight is 232 g/mol. The Labute approximate surface area is 97.5 Å². The Balaban J connectivity index is 2.09. The Morgan fingerprint density at radius 3 is 2.60 bits per heavy atom. The van der Waals surface area contributed by atoms with Crippen LogP contribution in [0.15, 0.2) is 0 Å². The van der Waals surface area contributed by atoms with E-state index in [2.05, 4.69) is 19.3 Å². The minimum absolute atomic E-state index is 0.289. The highest BCUT2D eigenvalue weighted by Crippen LogP contribution is 2.29. The molecule has 3 N–H and O–H groups in total. The van der Waals surface area contributed by atoms with E-state index in [0.717, 1.165) is 11.0 Å². The Kier molecular flexibility index (Phi) is 6.64. The van der Waals surface area contributed by atoms with Gasteiger partial charge in [-0.05, 0) is 26.7 Å². The summed E-state index contributed by atoms with van der Waals surface area (Å²) < 4.78 is 5.55. The van der Waals surface area contributed by atoms with Crippen LogP contribution in [-0.4, -0.2) is 29.8 Å². The molecule has 4 heteroatoms. The standard InChI is InChI=1S/C11H24N2OS/c1-9(2)14-7-10(13-12)8-15-11-5-3-4-6-11/h9-11,13H,3-8,12H2,1-2H3. The van der Waals surface area contributed by atoms with Gasteiger partial charge >= 0.3 is 0 Å². The normalized spacial score (nSPS) is 20.0. The summed E-state index contributed by atoms with van der Waals surface area (Å²) >= 11 is 2.05. The van der Waals surface area contributed by atoms with Gasteiger partial charge < -0.3 is 4.74 Å². The molecule has 0 saturated heterocycles. The predicted molar refractivity (Wildman–Crippen MR) is 66.9 cm³/mol. The van der Waals surface area contributed by atoms with Gasteiger partial charge in [-0.2, -0.15) is 11.8 Å². The summed E-state index contributed by atoms with van der Waals surface area (Å²) in [4.78, 5) is 0. The molecule has 0 bridgehead atoms. The lowest BCUT2D eigenvalue weighted by molar-refractivity contribution is 0.0655. The summed E-state index contributed by atoms with van der Waals surface area (Å²) in [6.07, 6.45) is 5.86. The second-order valence-electron chi connectivity index (χ2n) is 4.49. The zero-order valence-corrected chi connectivity index (χ0v) is 10.7. The van der Waals surface area contributed by atoms with E-state index in [0.29, 0.717) is 6.61 Å². The molecule has 1 unspecified atom stereocenters. The highest BCUT2D eigenvalue weighted by Gasteiger charge is 2.17. The quantitative estimate of drug-likeness (QED) is 0.520. The van der Waals surface area contributed by atoms with Crippen molar-refractivity contribution in [2.75, 3.05) is 12.4 Å². The number of hydrazine groups is 1. The van der Waals surface area contributed by atoms with Crippen LogP contribution in [0.1, 0.15) is 39.5 Å². The number of hydrogen-bond acceptors (Lipinski definition) is 4. The van der Waals surface area contributed by atoms with Crippen LogP contribution in [0.25, 0.3) is 0 Å². The second kappa shape index (κ2) is 7.49. The summed E-state index contributed by atoms with van der Waals surface area (Å²) in [7, 11) is 0. The predicted octanol–water partition coefficient (Wildman–Crippen LogP) is 1.92. The fourth-order valence-corrected chi connectivity index (χ4v) is 3.12. The first-order valence-electron chi connectivity index (χ1n) is 5.91. The van der Waals surface area contributed by atoms with Crippen molar-refractivity contribution in [3.8, 4) is 0 Å². The van der Waals surface area contributed by atoms with Crippen LogP contribution in [-0.2, 0) is 4.74 Å². The highest BCUT2D eigenvalue weighted by atomic mass is 32.2. The van der Waals surface area contributed by atoms with E-state index in [1.165, 1.54) is 25.7 Å². The maximum absolute atomic E-state index is 5.55. The molecule has 0 spiro atoms. The SMILES string of the molecule is CC(C)OCC(CSC1CCCC1)NN. The first-order chi connectivity index (χ1) is 7.22. The van der Waals surface area contributed by atoms with Crippen molar-refractivity contribution < 1.29 is 4.74 Å². The van der Waals surface area contributed by atoms with Crippen molar-refractivity contribution in [1.29, 1.82) is 0 Å². The van der Waals surface area contributed by atoms with Crippen LogP contribution in [0.3, 0.4) is 0 Å². The number of nitrogens with two attached hydrogens (primary N) is 1. The molecule has 0 aromatic rings. The monoisotopic (exact) mass is 232 g/mol. The van der Waals surface area contributed by atoms with Crippen LogP contribution in [0.5, 0.6) is 0 Å². The van der Waals surface area contributed by atoms with Crippen molar-refractivity contribution >= 4 is 11.8 Å². The molecule has 0 aromatic carbocycles. The maximum Gasteiger partial charge on any atom is 0.0644 e. The molecule has 1 fully saturated rings. The smallest absolute Gasteiger partial charge is 0.0644 e. The summed E-state index contributed by atoms with van der Waals surface area (Å²) in [6.45, 7) is 4.82. The van der Waals surface area contributed by atoms with E-state index in [4.69, 9.17) is 10.6 Å². The zero-order valence-electron chi connectivity index (χ0n) is 9.87. The zero-order chi connectivity index (χ0) is 11.1. The third kappa shape index (κ3) is 5.76. The Morgan fingerprint density at radius 2 is 2.07 bits per heavy atom. The molecule has 3 nitrogen and oxygen atoms in total. The van der Waals surface area contributed by atoms with Crippen molar-refractivity contribution in [2.45, 2.75) is 56.9 Å². The maximum atomic E-state index is 5.55. The molecule has 0 radical (unpaired) electrons. The first-order valence-corrected chi connectivity index (χ1v) is 6.96. The van der Waals surface area contributed by atoms with Gasteiger partial charge in [0.25, 0.3) is 0 Å². The molecule has 0 aliphatic heterocycles. The number of rotatable bonds is 7. The number of nitrogens with one attached hydrogen (secondary N) is 1. The molecular weight excluding hydrogens is 208 g/mol. The Hall–Kier alpha value is 0.230. The summed E-state index contributed by atoms with van der Waals surface area (Å²) in [5, 5.41) is 0.861. The minimum atomic E-state index is 0.289. The fourth-order valence-electron chi connectivity index (χ4n) is 1.76. The van der Waals surface area contributed by atoms with Crippen LogP contribution in [0.4, 0.5) is 0 Å². The van der Waals surface area contributed by atoms with Gasteiger partial charge in [0.15, 0.2) is 0 Å². The minimum Gasteiger partial charge on any atom is -0.377 e. The molecule has 1 saturated carbocycles. The van der Waals surface area contributed by atoms with Gasteiger partial charge in [-0.25, -0.2) is 0 Å². The van der Waals surface area contributed by atoms with Crippen molar-refractivity contribution in [3.63, 3.8) is 0 Å². The van der Waals surface area contributed by atoms with Crippen molar-refractivity contribution in [2.24, 2.45) is 5.84 Å². The van der Waals surface area contributed by atoms with Crippen LogP contribution >= 0.6 is 11.8 Å². The van der Waals surface area contributed by atoms with Gasteiger partial charge in [-0.1, -0.05) is 12.8 Å². The molecule has 90 valence electrons. The lowest BCUT2D eigenvalue weighted by Crippen LogP contribution is -2.41. The van der Waals surface area contributed by atoms with Gasteiger partial charge in [-0.3, -0.25) is 11.3 Å². The van der Waals surface area contributed by atoms with E-state index >= 15 is 0 Å². The van der Waals surface area contributed by atoms with Crippen LogP contribution in [0.2, 0.25) is 0 Å². The molecule has 1 aliphatic rings. The largest absolute Gasteiger partial charge is 0.377 e. The van der Waals surface area contributed by atoms with Crippen LogP contribution in [0, 0.1) is 0 Å². The van der Waals surface area contributed by atoms with Gasteiger partial charge in [0.2, 0.25) is 0 Å². The Bertz CT molecular complexity index is 161. The van der Waals surface area contributed by atoms with E-state index in [9.17, 15) is 0 Å². The van der Waals surface area contributed by atoms with E-state index in [1.807, 2.05) is 11.8 Å². The third-order valence-electron chi connectivity index (χ3n) is 2.70. The molecule has 1 rings (SSSR count). The molecule has 0 amide bonds. The van der Waals surface area contributed by atoms with Gasteiger partial charge in [0.05, 0.1) is 18.8 Å². The molecular formula is C11H24N2OS. The third-order valence-corrected chi connectivity index (χ3v) is 4.24. The lowest BCUT2D eigenvalue weighted by atomic mass is 10.4. The summed E-state index contributed by atoms with van der Waals surface area (Å²) in [5.74, 6) is 6.56. The molecule has 0 aromatic heterocycles. The number of thioether (sulfide) groups is 1.